The smallest absolute Gasteiger partial charge is 0.305 e. The molecule has 0 saturated carbocycles. The summed E-state index contributed by atoms with van der Waals surface area (Å²) < 4.78 is 4.61. The summed E-state index contributed by atoms with van der Waals surface area (Å²) in [4.78, 5) is 39.1. The number of ether oxygens (including phenoxy) is 1. The fraction of sp³-hybridized carbons (Fsp3) is 0.375. The van der Waals surface area contributed by atoms with Crippen molar-refractivity contribution in [3.05, 3.63) is 46.8 Å². The lowest BCUT2D eigenvalue weighted by molar-refractivity contribution is -0.140. The number of H-pyrrole nitrogens is 1. The van der Waals surface area contributed by atoms with Crippen molar-refractivity contribution in [1.82, 2.24) is 4.98 Å². The molecule has 3 N–H and O–H groups in total. The van der Waals surface area contributed by atoms with Gasteiger partial charge in [-0.15, -0.1) is 0 Å². The highest BCUT2D eigenvalue weighted by Gasteiger charge is 2.25. The van der Waals surface area contributed by atoms with E-state index in [0.29, 0.717) is 24.1 Å². The molecule has 31 heavy (non-hydrogen) atoms. The van der Waals surface area contributed by atoms with Crippen molar-refractivity contribution >= 4 is 40.8 Å². The number of hydrogen-bond acceptors (Lipinski definition) is 4. The third kappa shape index (κ3) is 5.84. The Morgan fingerprint density at radius 2 is 1.81 bits per heavy atom. The lowest BCUT2D eigenvalue weighted by Crippen LogP contribution is -2.11. The zero-order chi connectivity index (χ0) is 22.4. The lowest BCUT2D eigenvalue weighted by Gasteiger charge is -2.07. The van der Waals surface area contributed by atoms with E-state index in [1.54, 1.807) is 6.07 Å². The molecule has 0 aliphatic carbocycles. The number of carbonyl (C=O) groups is 3. The summed E-state index contributed by atoms with van der Waals surface area (Å²) in [7, 11) is 1.39. The average Bonchev–Trinajstić information content (AvgIpc) is 3.22. The van der Waals surface area contributed by atoms with Crippen LogP contribution in [0.25, 0.3) is 11.6 Å². The third-order valence-corrected chi connectivity index (χ3v) is 5.33. The second-order valence-electron chi connectivity index (χ2n) is 7.86. The van der Waals surface area contributed by atoms with Crippen LogP contribution in [0.4, 0.5) is 11.4 Å². The molecule has 0 unspecified atom stereocenters. The van der Waals surface area contributed by atoms with Crippen LogP contribution in [0.15, 0.2) is 24.3 Å². The molecular formula is C24H29N3O4. The maximum Gasteiger partial charge on any atom is 0.305 e. The van der Waals surface area contributed by atoms with Crippen molar-refractivity contribution < 1.29 is 19.1 Å². The van der Waals surface area contributed by atoms with E-state index in [0.717, 1.165) is 53.9 Å². The average molecular weight is 424 g/mol. The summed E-state index contributed by atoms with van der Waals surface area (Å²) in [6.07, 6.45) is 5.99. The van der Waals surface area contributed by atoms with Crippen LogP contribution in [0.2, 0.25) is 0 Å². The second kappa shape index (κ2) is 10.1. The second-order valence-corrected chi connectivity index (χ2v) is 7.86. The molecule has 2 amide bonds. The Balaban J connectivity index is 1.58. The van der Waals surface area contributed by atoms with E-state index >= 15 is 0 Å². The van der Waals surface area contributed by atoms with Gasteiger partial charge in [-0.25, -0.2) is 0 Å². The molecule has 1 aliphatic heterocycles. The number of rotatable bonds is 9. The van der Waals surface area contributed by atoms with Crippen LogP contribution in [0, 0.1) is 13.8 Å². The van der Waals surface area contributed by atoms with E-state index in [2.05, 4.69) is 20.4 Å². The van der Waals surface area contributed by atoms with Gasteiger partial charge in [0.15, 0.2) is 0 Å². The van der Waals surface area contributed by atoms with Crippen molar-refractivity contribution in [1.29, 1.82) is 0 Å². The minimum atomic E-state index is -0.197. The first-order chi connectivity index (χ1) is 14.9. The first kappa shape index (κ1) is 22.3. The fourth-order valence-electron chi connectivity index (χ4n) is 3.69. The van der Waals surface area contributed by atoms with Gasteiger partial charge in [0.05, 0.1) is 12.7 Å². The number of aryl methyl sites for hydroxylation is 2. The van der Waals surface area contributed by atoms with Crippen LogP contribution in [-0.4, -0.2) is 29.9 Å². The normalized spacial score (nSPS) is 13.8. The molecular weight excluding hydrogens is 394 g/mol. The number of anilines is 2. The molecule has 164 valence electrons. The highest BCUT2D eigenvalue weighted by molar-refractivity contribution is 6.35. The SMILES string of the molecule is COC(=O)CCCCCCC(=O)Nc1ccc2c(c1)/C(=C/c1[nH]c(C)cc1C)C(=O)N2. The Hall–Kier alpha value is -3.35. The number of aromatic nitrogens is 1. The Labute approximate surface area is 182 Å². The van der Waals surface area contributed by atoms with Crippen LogP contribution in [0.3, 0.4) is 0 Å². The molecule has 2 heterocycles. The standard InChI is InChI=1S/C24H29N3O4/c1-15-12-16(2)25-21(15)14-19-18-13-17(10-11-20(18)27-24(19)30)26-22(28)8-6-4-5-7-9-23(29)31-3/h10-14,25H,4-9H2,1-3H3,(H,26,28)(H,27,30)/b19-14-. The molecule has 0 radical (unpaired) electrons. The first-order valence-electron chi connectivity index (χ1n) is 10.6. The molecule has 1 aliphatic rings. The van der Waals surface area contributed by atoms with E-state index in [9.17, 15) is 14.4 Å². The highest BCUT2D eigenvalue weighted by atomic mass is 16.5. The summed E-state index contributed by atoms with van der Waals surface area (Å²) in [5.41, 5.74) is 5.75. The number of benzene rings is 1. The van der Waals surface area contributed by atoms with Crippen LogP contribution in [0.5, 0.6) is 0 Å². The maximum absolute atomic E-state index is 12.5. The minimum absolute atomic E-state index is 0.0634. The Bertz CT molecular complexity index is 1020. The summed E-state index contributed by atoms with van der Waals surface area (Å²) in [6, 6.07) is 7.47. The number of amides is 2. The van der Waals surface area contributed by atoms with E-state index in [1.165, 1.54) is 7.11 Å². The van der Waals surface area contributed by atoms with Crippen molar-refractivity contribution in [2.24, 2.45) is 0 Å². The number of nitrogens with one attached hydrogen (secondary N) is 3. The maximum atomic E-state index is 12.5. The van der Waals surface area contributed by atoms with Gasteiger partial charge in [0, 0.05) is 41.2 Å². The van der Waals surface area contributed by atoms with Gasteiger partial charge in [0.25, 0.3) is 5.91 Å². The molecule has 0 spiro atoms. The number of aromatic amines is 1. The zero-order valence-electron chi connectivity index (χ0n) is 18.3. The largest absolute Gasteiger partial charge is 0.469 e. The van der Waals surface area contributed by atoms with E-state index in [4.69, 9.17) is 0 Å². The number of methoxy groups -OCH3 is 1. The van der Waals surface area contributed by atoms with Gasteiger partial charge in [0.2, 0.25) is 5.91 Å². The predicted molar refractivity (Wildman–Crippen MR) is 122 cm³/mol. The molecule has 1 aromatic carbocycles. The molecule has 0 saturated heterocycles. The molecule has 0 bridgehead atoms. The fourth-order valence-corrected chi connectivity index (χ4v) is 3.69. The Morgan fingerprint density at radius 3 is 2.48 bits per heavy atom. The van der Waals surface area contributed by atoms with Crippen molar-refractivity contribution in [3.63, 3.8) is 0 Å². The molecule has 0 fully saturated rings. The van der Waals surface area contributed by atoms with Gasteiger partial charge in [-0.2, -0.15) is 0 Å². The first-order valence-corrected chi connectivity index (χ1v) is 10.6. The quantitative estimate of drug-likeness (QED) is 0.312. The molecule has 2 aromatic rings. The highest BCUT2D eigenvalue weighted by Crippen LogP contribution is 2.35. The van der Waals surface area contributed by atoms with Crippen LogP contribution in [0.1, 0.15) is 61.0 Å². The molecule has 0 atom stereocenters. The van der Waals surface area contributed by atoms with Gasteiger partial charge in [0.1, 0.15) is 0 Å². The van der Waals surface area contributed by atoms with Crippen LogP contribution in [-0.2, 0) is 19.1 Å². The van der Waals surface area contributed by atoms with Crippen molar-refractivity contribution in [3.8, 4) is 0 Å². The van der Waals surface area contributed by atoms with Gasteiger partial charge in [-0.1, -0.05) is 12.8 Å². The van der Waals surface area contributed by atoms with E-state index < -0.39 is 0 Å². The number of carbonyl (C=O) groups excluding carboxylic acids is 3. The number of esters is 1. The minimum Gasteiger partial charge on any atom is -0.469 e. The topological polar surface area (TPSA) is 100 Å². The number of hydrogen-bond donors (Lipinski definition) is 3. The summed E-state index contributed by atoms with van der Waals surface area (Å²) in [5.74, 6) is -0.416. The molecule has 7 nitrogen and oxygen atoms in total. The van der Waals surface area contributed by atoms with Crippen LogP contribution < -0.4 is 10.6 Å². The summed E-state index contributed by atoms with van der Waals surface area (Å²) >= 11 is 0. The number of unbranched alkanes of at least 4 members (excludes halogenated alkanes) is 3. The third-order valence-electron chi connectivity index (χ3n) is 5.33. The van der Waals surface area contributed by atoms with Gasteiger partial charge in [-0.3, -0.25) is 14.4 Å². The molecule has 1 aromatic heterocycles. The predicted octanol–water partition coefficient (Wildman–Crippen LogP) is 4.58. The van der Waals surface area contributed by atoms with Crippen molar-refractivity contribution in [2.75, 3.05) is 17.7 Å². The zero-order valence-corrected chi connectivity index (χ0v) is 18.3. The molecule has 3 rings (SSSR count). The Kier molecular flexibility index (Phi) is 7.28. The van der Waals surface area contributed by atoms with Crippen LogP contribution >= 0.6 is 0 Å². The van der Waals surface area contributed by atoms with Gasteiger partial charge >= 0.3 is 5.97 Å². The van der Waals surface area contributed by atoms with Crippen molar-refractivity contribution in [2.45, 2.75) is 52.4 Å². The van der Waals surface area contributed by atoms with Gasteiger partial charge < -0.3 is 20.4 Å². The summed E-state index contributed by atoms with van der Waals surface area (Å²) in [5, 5.41) is 5.79. The Morgan fingerprint density at radius 1 is 1.06 bits per heavy atom. The van der Waals surface area contributed by atoms with Gasteiger partial charge in [-0.05, 0) is 62.6 Å². The summed E-state index contributed by atoms with van der Waals surface area (Å²) in [6.45, 7) is 3.97. The number of fused-ring (bicyclic) bond motifs is 1. The van der Waals surface area contributed by atoms with E-state index in [1.807, 2.05) is 38.1 Å². The lowest BCUT2D eigenvalue weighted by atomic mass is 10.0. The monoisotopic (exact) mass is 423 g/mol. The van der Waals surface area contributed by atoms with E-state index in [-0.39, 0.29) is 17.8 Å². The molecule has 7 heteroatoms.